The van der Waals surface area contributed by atoms with Crippen molar-refractivity contribution in [1.29, 1.82) is 0 Å². The topological polar surface area (TPSA) is 71.3 Å². The van der Waals surface area contributed by atoms with Crippen LogP contribution in [-0.4, -0.2) is 27.9 Å². The predicted octanol–water partition coefficient (Wildman–Crippen LogP) is 3.81. The minimum absolute atomic E-state index is 0.104. The van der Waals surface area contributed by atoms with Gasteiger partial charge in [0.05, 0.1) is 18.6 Å². The normalized spacial score (nSPS) is 15.9. The number of furan rings is 1. The third kappa shape index (κ3) is 3.61. The molecule has 0 unspecified atom stereocenters. The fraction of sp³-hybridized carbons (Fsp3) is 0.278. The highest BCUT2D eigenvalue weighted by Gasteiger charge is 2.30. The smallest absolute Gasteiger partial charge is 0.237 e. The molecule has 0 aliphatic carbocycles. The van der Waals surface area contributed by atoms with Gasteiger partial charge in [0, 0.05) is 11.7 Å². The summed E-state index contributed by atoms with van der Waals surface area (Å²) in [7, 11) is 0. The molecule has 8 heteroatoms. The summed E-state index contributed by atoms with van der Waals surface area (Å²) in [6.07, 6.45) is 2.55. The SMILES string of the molecule is C[C@H]1Cc2ccccc2N1C(=O)CSc1nnc(NCc2ccco2)s1. The van der Waals surface area contributed by atoms with Crippen molar-refractivity contribution in [3.05, 3.63) is 54.0 Å². The zero-order valence-corrected chi connectivity index (χ0v) is 15.8. The first-order valence-corrected chi connectivity index (χ1v) is 10.1. The average Bonchev–Trinajstić information content (AvgIpc) is 3.37. The lowest BCUT2D eigenvalue weighted by molar-refractivity contribution is -0.116. The lowest BCUT2D eigenvalue weighted by atomic mass is 10.1. The van der Waals surface area contributed by atoms with Crippen LogP contribution in [0.1, 0.15) is 18.2 Å². The molecule has 1 N–H and O–H groups in total. The number of para-hydroxylation sites is 1. The second kappa shape index (κ2) is 7.51. The molecular formula is C18H18N4O2S2. The molecule has 0 saturated heterocycles. The molecule has 134 valence electrons. The number of carbonyl (C=O) groups excluding carboxylic acids is 1. The molecule has 26 heavy (non-hydrogen) atoms. The van der Waals surface area contributed by atoms with Crippen LogP contribution in [0.5, 0.6) is 0 Å². The summed E-state index contributed by atoms with van der Waals surface area (Å²) in [6, 6.07) is 12.1. The van der Waals surface area contributed by atoms with Crippen molar-refractivity contribution >= 4 is 39.8 Å². The summed E-state index contributed by atoms with van der Waals surface area (Å²) in [4.78, 5) is 14.6. The summed E-state index contributed by atoms with van der Waals surface area (Å²) in [6.45, 7) is 2.65. The minimum atomic E-state index is 0.104. The first kappa shape index (κ1) is 17.1. The van der Waals surface area contributed by atoms with Crippen LogP contribution in [0.4, 0.5) is 10.8 Å². The van der Waals surface area contributed by atoms with Gasteiger partial charge in [-0.25, -0.2) is 0 Å². The molecule has 3 heterocycles. The Bertz CT molecular complexity index is 894. The van der Waals surface area contributed by atoms with Crippen molar-refractivity contribution < 1.29 is 9.21 Å². The summed E-state index contributed by atoms with van der Waals surface area (Å²) >= 11 is 2.87. The molecule has 0 saturated carbocycles. The maximum Gasteiger partial charge on any atom is 0.237 e. The van der Waals surface area contributed by atoms with Crippen LogP contribution in [0.3, 0.4) is 0 Å². The Kier molecular flexibility index (Phi) is 4.94. The molecule has 1 amide bonds. The maximum atomic E-state index is 12.7. The van der Waals surface area contributed by atoms with Crippen LogP contribution in [0.25, 0.3) is 0 Å². The van der Waals surface area contributed by atoms with Crippen molar-refractivity contribution in [3.63, 3.8) is 0 Å². The number of anilines is 2. The van der Waals surface area contributed by atoms with Crippen LogP contribution in [-0.2, 0) is 17.8 Å². The Morgan fingerprint density at radius 1 is 1.35 bits per heavy atom. The number of hydrogen-bond donors (Lipinski definition) is 1. The first-order valence-electron chi connectivity index (χ1n) is 8.33. The molecule has 1 atom stereocenters. The van der Waals surface area contributed by atoms with Gasteiger partial charge in [0.15, 0.2) is 4.34 Å². The van der Waals surface area contributed by atoms with E-state index in [1.807, 2.05) is 35.2 Å². The van der Waals surface area contributed by atoms with E-state index in [4.69, 9.17) is 4.42 Å². The second-order valence-corrected chi connectivity index (χ2v) is 8.24. The van der Waals surface area contributed by atoms with Crippen LogP contribution in [0.15, 0.2) is 51.4 Å². The fourth-order valence-electron chi connectivity index (χ4n) is 3.05. The molecule has 4 rings (SSSR count). The summed E-state index contributed by atoms with van der Waals surface area (Å²) < 4.78 is 6.05. The van der Waals surface area contributed by atoms with Crippen LogP contribution >= 0.6 is 23.1 Å². The number of aromatic nitrogens is 2. The van der Waals surface area contributed by atoms with E-state index >= 15 is 0 Å². The molecule has 2 aromatic heterocycles. The largest absolute Gasteiger partial charge is 0.467 e. The van der Waals surface area contributed by atoms with Crippen LogP contribution < -0.4 is 10.2 Å². The third-order valence-electron chi connectivity index (χ3n) is 4.20. The van der Waals surface area contributed by atoms with Crippen molar-refractivity contribution in [2.24, 2.45) is 0 Å². The molecule has 6 nitrogen and oxygen atoms in total. The standard InChI is InChI=1S/C18H18N4O2S2/c1-12-9-13-5-2-3-7-15(13)22(12)16(23)11-25-18-21-20-17(26-18)19-10-14-6-4-8-24-14/h2-8,12H,9-11H2,1H3,(H,19,20)/t12-/m0/s1. The Hall–Kier alpha value is -2.32. The van der Waals surface area contributed by atoms with Gasteiger partial charge in [-0.3, -0.25) is 4.79 Å². The van der Waals surface area contributed by atoms with Gasteiger partial charge in [0.25, 0.3) is 0 Å². The van der Waals surface area contributed by atoms with E-state index in [9.17, 15) is 4.79 Å². The molecule has 0 spiro atoms. The Balaban J connectivity index is 1.33. The Morgan fingerprint density at radius 2 is 2.23 bits per heavy atom. The lowest BCUT2D eigenvalue weighted by Gasteiger charge is -2.22. The fourth-order valence-corrected chi connectivity index (χ4v) is 4.66. The number of nitrogens with zero attached hydrogens (tertiary/aromatic N) is 3. The highest BCUT2D eigenvalue weighted by molar-refractivity contribution is 8.01. The highest BCUT2D eigenvalue weighted by Crippen LogP contribution is 2.33. The van der Waals surface area contributed by atoms with Gasteiger partial charge in [-0.15, -0.1) is 10.2 Å². The monoisotopic (exact) mass is 386 g/mol. The number of nitrogens with one attached hydrogen (secondary N) is 1. The van der Waals surface area contributed by atoms with Crippen LogP contribution in [0, 0.1) is 0 Å². The quantitative estimate of drug-likeness (QED) is 0.650. The van der Waals surface area contributed by atoms with E-state index in [-0.39, 0.29) is 11.9 Å². The van der Waals surface area contributed by atoms with Gasteiger partial charge >= 0.3 is 0 Å². The number of carbonyl (C=O) groups is 1. The predicted molar refractivity (Wildman–Crippen MR) is 104 cm³/mol. The Morgan fingerprint density at radius 3 is 3.08 bits per heavy atom. The van der Waals surface area contributed by atoms with Gasteiger partial charge in [0.2, 0.25) is 11.0 Å². The lowest BCUT2D eigenvalue weighted by Crippen LogP contribution is -2.36. The Labute approximate surface area is 159 Å². The zero-order valence-electron chi connectivity index (χ0n) is 14.2. The van der Waals surface area contributed by atoms with Gasteiger partial charge in [-0.05, 0) is 37.1 Å². The molecule has 0 radical (unpaired) electrons. The van der Waals surface area contributed by atoms with E-state index in [1.165, 1.54) is 28.7 Å². The first-order chi connectivity index (χ1) is 12.7. The van der Waals surface area contributed by atoms with E-state index in [1.54, 1.807) is 6.26 Å². The molecule has 1 aliphatic heterocycles. The van der Waals surface area contributed by atoms with Gasteiger partial charge in [0.1, 0.15) is 5.76 Å². The molecule has 1 aliphatic rings. The number of rotatable bonds is 6. The molecular weight excluding hydrogens is 368 g/mol. The maximum absolute atomic E-state index is 12.7. The van der Waals surface area contributed by atoms with Gasteiger partial charge < -0.3 is 14.6 Å². The van der Waals surface area contributed by atoms with Crippen molar-refractivity contribution in [3.8, 4) is 0 Å². The summed E-state index contributed by atoms with van der Waals surface area (Å²) in [5.41, 5.74) is 2.27. The number of thioether (sulfide) groups is 1. The summed E-state index contributed by atoms with van der Waals surface area (Å²) in [5.74, 6) is 1.30. The van der Waals surface area contributed by atoms with E-state index in [2.05, 4.69) is 28.5 Å². The van der Waals surface area contributed by atoms with E-state index in [0.717, 1.165) is 27.3 Å². The average molecular weight is 387 g/mol. The minimum Gasteiger partial charge on any atom is -0.467 e. The number of benzene rings is 1. The van der Waals surface area contributed by atoms with Crippen LogP contribution in [0.2, 0.25) is 0 Å². The van der Waals surface area contributed by atoms with E-state index < -0.39 is 0 Å². The van der Waals surface area contributed by atoms with Crippen molar-refractivity contribution in [2.75, 3.05) is 16.0 Å². The molecule has 3 aromatic rings. The number of hydrogen-bond acceptors (Lipinski definition) is 7. The van der Waals surface area contributed by atoms with Gasteiger partial charge in [-0.2, -0.15) is 0 Å². The molecule has 0 bridgehead atoms. The van der Waals surface area contributed by atoms with E-state index in [0.29, 0.717) is 12.3 Å². The zero-order chi connectivity index (χ0) is 17.9. The van der Waals surface area contributed by atoms with Crippen molar-refractivity contribution in [1.82, 2.24) is 10.2 Å². The highest BCUT2D eigenvalue weighted by atomic mass is 32.2. The van der Waals surface area contributed by atoms with Crippen molar-refractivity contribution in [2.45, 2.75) is 30.3 Å². The third-order valence-corrected chi connectivity index (χ3v) is 6.19. The van der Waals surface area contributed by atoms with Gasteiger partial charge in [-0.1, -0.05) is 41.3 Å². The summed E-state index contributed by atoms with van der Waals surface area (Å²) in [5, 5.41) is 12.1. The molecule has 1 aromatic carbocycles. The number of fused-ring (bicyclic) bond motifs is 1. The second-order valence-electron chi connectivity index (χ2n) is 6.04. The molecule has 0 fully saturated rings. The number of amides is 1.